The predicted octanol–water partition coefficient (Wildman–Crippen LogP) is 5.34. The quantitative estimate of drug-likeness (QED) is 0.625. The molecular formula is C16H13Cl2N3S. The molecule has 4 rings (SSSR count). The van der Waals surface area contributed by atoms with E-state index >= 15 is 0 Å². The van der Waals surface area contributed by atoms with E-state index in [4.69, 9.17) is 28.2 Å². The highest BCUT2D eigenvalue weighted by Crippen LogP contribution is 2.41. The first kappa shape index (κ1) is 14.2. The fourth-order valence-corrected chi connectivity index (χ4v) is 4.53. The summed E-state index contributed by atoms with van der Waals surface area (Å²) in [5.41, 5.74) is 1.06. The third-order valence-electron chi connectivity index (χ3n) is 3.91. The minimum atomic E-state index is 0.239. The summed E-state index contributed by atoms with van der Waals surface area (Å²) in [6.45, 7) is 0.939. The largest absolute Gasteiger partial charge is 0.346 e. The molecule has 22 heavy (non-hydrogen) atoms. The third-order valence-corrected chi connectivity index (χ3v) is 5.53. The highest BCUT2D eigenvalue weighted by molar-refractivity contribution is 7.18. The summed E-state index contributed by atoms with van der Waals surface area (Å²) < 4.78 is 1.22. The van der Waals surface area contributed by atoms with Crippen LogP contribution in [0.3, 0.4) is 0 Å². The van der Waals surface area contributed by atoms with Crippen molar-refractivity contribution in [2.24, 2.45) is 0 Å². The number of nitrogens with zero attached hydrogens (tertiary/aromatic N) is 3. The maximum atomic E-state index is 6.34. The van der Waals surface area contributed by atoms with Gasteiger partial charge < -0.3 is 4.90 Å². The molecule has 0 spiro atoms. The van der Waals surface area contributed by atoms with Gasteiger partial charge in [-0.1, -0.05) is 35.3 Å². The molecular weight excluding hydrogens is 337 g/mol. The summed E-state index contributed by atoms with van der Waals surface area (Å²) in [6.07, 6.45) is 3.83. The molecule has 1 saturated heterocycles. The molecule has 0 bridgehead atoms. The number of halogens is 2. The summed E-state index contributed by atoms with van der Waals surface area (Å²) in [6, 6.07) is 10.2. The zero-order chi connectivity index (χ0) is 15.1. The average Bonchev–Trinajstić information content (AvgIpc) is 3.13. The Labute approximate surface area is 142 Å². The highest BCUT2D eigenvalue weighted by Gasteiger charge is 2.30. The minimum Gasteiger partial charge on any atom is -0.346 e. The minimum absolute atomic E-state index is 0.239. The number of rotatable bonds is 2. The SMILES string of the molecule is Clc1cnc(N2CCCC2c2nc3ccccc3s2)c(Cl)c1. The second-order valence-electron chi connectivity index (χ2n) is 5.33. The van der Waals surface area contributed by atoms with Crippen LogP contribution in [0.25, 0.3) is 10.2 Å². The fourth-order valence-electron chi connectivity index (χ4n) is 2.93. The molecule has 1 atom stereocenters. The lowest BCUT2D eigenvalue weighted by molar-refractivity contribution is 0.707. The first-order valence-corrected chi connectivity index (χ1v) is 8.73. The summed E-state index contributed by atoms with van der Waals surface area (Å²) in [7, 11) is 0. The molecule has 0 aliphatic carbocycles. The van der Waals surface area contributed by atoms with E-state index in [9.17, 15) is 0 Å². The molecule has 1 fully saturated rings. The average molecular weight is 350 g/mol. The van der Waals surface area contributed by atoms with Gasteiger partial charge in [0.25, 0.3) is 0 Å². The lowest BCUT2D eigenvalue weighted by Gasteiger charge is -2.25. The van der Waals surface area contributed by atoms with Crippen LogP contribution in [0.4, 0.5) is 5.82 Å². The Morgan fingerprint density at radius 2 is 2.09 bits per heavy atom. The van der Waals surface area contributed by atoms with Gasteiger partial charge in [-0.05, 0) is 31.0 Å². The molecule has 1 aromatic carbocycles. The summed E-state index contributed by atoms with van der Waals surface area (Å²) in [5, 5.41) is 2.29. The van der Waals surface area contributed by atoms with E-state index < -0.39 is 0 Å². The monoisotopic (exact) mass is 349 g/mol. The van der Waals surface area contributed by atoms with E-state index in [-0.39, 0.29) is 6.04 Å². The van der Waals surface area contributed by atoms with Crippen LogP contribution in [0, 0.1) is 0 Å². The van der Waals surface area contributed by atoms with Crippen LogP contribution >= 0.6 is 34.5 Å². The molecule has 6 heteroatoms. The van der Waals surface area contributed by atoms with Crippen LogP contribution in [0.15, 0.2) is 36.5 Å². The van der Waals surface area contributed by atoms with E-state index in [0.29, 0.717) is 10.0 Å². The zero-order valence-corrected chi connectivity index (χ0v) is 14.0. The van der Waals surface area contributed by atoms with Crippen molar-refractivity contribution in [3.05, 3.63) is 51.6 Å². The van der Waals surface area contributed by atoms with Crippen LogP contribution in [-0.2, 0) is 0 Å². The second kappa shape index (κ2) is 5.69. The summed E-state index contributed by atoms with van der Waals surface area (Å²) in [5.74, 6) is 0.799. The van der Waals surface area contributed by atoms with Gasteiger partial charge >= 0.3 is 0 Å². The number of pyridine rings is 1. The molecule has 0 N–H and O–H groups in total. The first-order valence-electron chi connectivity index (χ1n) is 7.15. The fraction of sp³-hybridized carbons (Fsp3) is 0.250. The number of hydrogen-bond donors (Lipinski definition) is 0. The number of para-hydroxylation sites is 1. The molecule has 2 aromatic heterocycles. The number of hydrogen-bond acceptors (Lipinski definition) is 4. The number of benzene rings is 1. The molecule has 1 unspecified atom stereocenters. The molecule has 1 aliphatic rings. The second-order valence-corrected chi connectivity index (χ2v) is 7.24. The van der Waals surface area contributed by atoms with Crippen LogP contribution in [0.5, 0.6) is 0 Å². The smallest absolute Gasteiger partial charge is 0.148 e. The standard InChI is InChI=1S/C16H13Cl2N3S/c17-10-8-11(18)15(19-9-10)21-7-3-5-13(21)16-20-12-4-1-2-6-14(12)22-16/h1-2,4,6,8-9,13H,3,5,7H2. The van der Waals surface area contributed by atoms with Crippen molar-refractivity contribution in [2.45, 2.75) is 18.9 Å². The van der Waals surface area contributed by atoms with Crippen LogP contribution in [-0.4, -0.2) is 16.5 Å². The molecule has 0 amide bonds. The van der Waals surface area contributed by atoms with Crippen LogP contribution < -0.4 is 4.90 Å². The molecule has 3 aromatic rings. The number of anilines is 1. The Kier molecular flexibility index (Phi) is 3.68. The Morgan fingerprint density at radius 1 is 1.23 bits per heavy atom. The van der Waals surface area contributed by atoms with Gasteiger partial charge in [0.2, 0.25) is 0 Å². The maximum absolute atomic E-state index is 6.34. The molecule has 3 nitrogen and oxygen atoms in total. The van der Waals surface area contributed by atoms with Gasteiger partial charge in [0.05, 0.1) is 26.3 Å². The van der Waals surface area contributed by atoms with Crippen LogP contribution in [0.2, 0.25) is 10.0 Å². The highest BCUT2D eigenvalue weighted by atomic mass is 35.5. The number of fused-ring (bicyclic) bond motifs is 1. The topological polar surface area (TPSA) is 29.0 Å². The number of aromatic nitrogens is 2. The third kappa shape index (κ3) is 2.45. The van der Waals surface area contributed by atoms with Crippen LogP contribution in [0.1, 0.15) is 23.9 Å². The van der Waals surface area contributed by atoms with Gasteiger partial charge in [-0.2, -0.15) is 0 Å². The lowest BCUT2D eigenvalue weighted by Crippen LogP contribution is -2.23. The Morgan fingerprint density at radius 3 is 2.91 bits per heavy atom. The van der Waals surface area contributed by atoms with Crippen molar-refractivity contribution in [3.8, 4) is 0 Å². The van der Waals surface area contributed by atoms with Gasteiger partial charge in [0, 0.05) is 12.7 Å². The summed E-state index contributed by atoms with van der Waals surface area (Å²) in [4.78, 5) is 11.5. The van der Waals surface area contributed by atoms with E-state index in [0.717, 1.165) is 35.7 Å². The first-order chi connectivity index (χ1) is 10.7. The Bertz CT molecular complexity index is 800. The normalized spacial score (nSPS) is 18.3. The van der Waals surface area contributed by atoms with Crippen molar-refractivity contribution in [3.63, 3.8) is 0 Å². The predicted molar refractivity (Wildman–Crippen MR) is 93.2 cm³/mol. The molecule has 112 valence electrons. The molecule has 0 radical (unpaired) electrons. The van der Waals surface area contributed by atoms with Crippen molar-refractivity contribution in [2.75, 3.05) is 11.4 Å². The molecule has 1 aliphatic heterocycles. The Balaban J connectivity index is 1.74. The van der Waals surface area contributed by atoms with E-state index in [2.05, 4.69) is 22.0 Å². The van der Waals surface area contributed by atoms with Crippen molar-refractivity contribution in [1.29, 1.82) is 0 Å². The van der Waals surface area contributed by atoms with Gasteiger partial charge in [-0.15, -0.1) is 11.3 Å². The lowest BCUT2D eigenvalue weighted by atomic mass is 10.2. The summed E-state index contributed by atoms with van der Waals surface area (Å²) >= 11 is 14.0. The maximum Gasteiger partial charge on any atom is 0.148 e. The van der Waals surface area contributed by atoms with Crippen molar-refractivity contribution >= 4 is 50.6 Å². The zero-order valence-electron chi connectivity index (χ0n) is 11.7. The number of thiazole rings is 1. The van der Waals surface area contributed by atoms with Crippen molar-refractivity contribution < 1.29 is 0 Å². The van der Waals surface area contributed by atoms with Gasteiger partial charge in [0.15, 0.2) is 0 Å². The Hall–Kier alpha value is -1.36. The van der Waals surface area contributed by atoms with E-state index in [1.807, 2.05) is 12.1 Å². The van der Waals surface area contributed by atoms with E-state index in [1.54, 1.807) is 23.6 Å². The molecule has 3 heterocycles. The van der Waals surface area contributed by atoms with Gasteiger partial charge in [-0.3, -0.25) is 0 Å². The molecule has 0 saturated carbocycles. The van der Waals surface area contributed by atoms with E-state index in [1.165, 1.54) is 4.70 Å². The van der Waals surface area contributed by atoms with Gasteiger partial charge in [-0.25, -0.2) is 9.97 Å². The van der Waals surface area contributed by atoms with Crippen molar-refractivity contribution in [1.82, 2.24) is 9.97 Å². The van der Waals surface area contributed by atoms with Gasteiger partial charge in [0.1, 0.15) is 10.8 Å².